The lowest BCUT2D eigenvalue weighted by molar-refractivity contribution is -0.165. The lowest BCUT2D eigenvalue weighted by Crippen LogP contribution is -2.43. The molecule has 2 aliphatic heterocycles. The summed E-state index contributed by atoms with van der Waals surface area (Å²) in [7, 11) is 0. The van der Waals surface area contributed by atoms with Gasteiger partial charge >= 0.3 is 0 Å². The van der Waals surface area contributed by atoms with E-state index in [1.165, 1.54) is 12.8 Å². The molecule has 0 amide bonds. The van der Waals surface area contributed by atoms with Crippen LogP contribution in [0.2, 0.25) is 0 Å². The molecule has 2 heterocycles. The van der Waals surface area contributed by atoms with Gasteiger partial charge in [0.1, 0.15) is 0 Å². The Bertz CT molecular complexity index is 219. The van der Waals surface area contributed by atoms with E-state index < -0.39 is 0 Å². The van der Waals surface area contributed by atoms with Gasteiger partial charge in [-0.2, -0.15) is 0 Å². The molecule has 3 unspecified atom stereocenters. The fraction of sp³-hybridized carbons (Fsp3) is 1.00. The number of aliphatic hydroxyl groups is 1. The van der Waals surface area contributed by atoms with Gasteiger partial charge in [-0.1, -0.05) is 6.92 Å². The van der Waals surface area contributed by atoms with Crippen LogP contribution in [0.4, 0.5) is 0 Å². The first kappa shape index (κ1) is 13.3. The number of hydrogen-bond acceptors (Lipinski definition) is 4. The average molecular weight is 243 g/mol. The first-order chi connectivity index (χ1) is 8.25. The molecule has 100 valence electrons. The molecule has 17 heavy (non-hydrogen) atoms. The first-order valence-electron chi connectivity index (χ1n) is 6.89. The highest BCUT2D eigenvalue weighted by atomic mass is 16.7. The van der Waals surface area contributed by atoms with E-state index in [0.717, 1.165) is 45.7 Å². The maximum absolute atomic E-state index is 9.65. The number of rotatable bonds is 4. The molecule has 2 aliphatic rings. The minimum Gasteiger partial charge on any atom is -0.393 e. The molecule has 0 aromatic carbocycles. The van der Waals surface area contributed by atoms with Crippen LogP contribution in [0.5, 0.6) is 0 Å². The van der Waals surface area contributed by atoms with Crippen molar-refractivity contribution in [2.75, 3.05) is 32.8 Å². The molecule has 2 saturated heterocycles. The molecule has 0 spiro atoms. The molecule has 4 nitrogen and oxygen atoms in total. The van der Waals surface area contributed by atoms with Crippen molar-refractivity contribution in [1.29, 1.82) is 0 Å². The van der Waals surface area contributed by atoms with Gasteiger partial charge in [0, 0.05) is 26.2 Å². The molecular weight excluding hydrogens is 218 g/mol. The summed E-state index contributed by atoms with van der Waals surface area (Å²) in [6.45, 7) is 6.63. The van der Waals surface area contributed by atoms with Crippen LogP contribution in [0.1, 0.15) is 32.6 Å². The van der Waals surface area contributed by atoms with Gasteiger partial charge in [0.15, 0.2) is 6.29 Å². The minimum absolute atomic E-state index is 0.0246. The van der Waals surface area contributed by atoms with Gasteiger partial charge in [-0.3, -0.25) is 0 Å². The lowest BCUT2D eigenvalue weighted by Gasteiger charge is -2.34. The third-order valence-corrected chi connectivity index (χ3v) is 3.79. The third kappa shape index (κ3) is 4.21. The van der Waals surface area contributed by atoms with Gasteiger partial charge in [-0.15, -0.1) is 0 Å². The van der Waals surface area contributed by atoms with E-state index in [1.54, 1.807) is 0 Å². The van der Waals surface area contributed by atoms with Gasteiger partial charge in [-0.05, 0) is 31.6 Å². The Hall–Kier alpha value is -0.160. The van der Waals surface area contributed by atoms with Gasteiger partial charge in [0.2, 0.25) is 0 Å². The fourth-order valence-electron chi connectivity index (χ4n) is 2.58. The van der Waals surface area contributed by atoms with E-state index in [0.29, 0.717) is 5.92 Å². The van der Waals surface area contributed by atoms with Crippen molar-refractivity contribution in [2.24, 2.45) is 5.92 Å². The highest BCUT2D eigenvalue weighted by molar-refractivity contribution is 4.76. The van der Waals surface area contributed by atoms with Crippen molar-refractivity contribution in [1.82, 2.24) is 4.90 Å². The Morgan fingerprint density at radius 2 is 2.24 bits per heavy atom. The zero-order valence-corrected chi connectivity index (χ0v) is 10.8. The van der Waals surface area contributed by atoms with Crippen LogP contribution in [0.15, 0.2) is 0 Å². The Labute approximate surface area is 104 Å². The van der Waals surface area contributed by atoms with Crippen molar-refractivity contribution < 1.29 is 14.6 Å². The quantitative estimate of drug-likeness (QED) is 0.806. The summed E-state index contributed by atoms with van der Waals surface area (Å²) in [5.41, 5.74) is 0. The molecular formula is C13H25NO3. The van der Waals surface area contributed by atoms with Gasteiger partial charge in [-0.25, -0.2) is 0 Å². The van der Waals surface area contributed by atoms with Crippen LogP contribution in [0, 0.1) is 5.92 Å². The zero-order chi connectivity index (χ0) is 12.1. The molecule has 0 aromatic heterocycles. The highest BCUT2D eigenvalue weighted by Gasteiger charge is 2.24. The van der Waals surface area contributed by atoms with E-state index in [1.807, 2.05) is 0 Å². The summed E-state index contributed by atoms with van der Waals surface area (Å²) in [5.74, 6) is 0.384. The molecule has 3 atom stereocenters. The van der Waals surface area contributed by atoms with E-state index in [9.17, 15) is 5.11 Å². The molecule has 2 fully saturated rings. The molecule has 0 aliphatic carbocycles. The second-order valence-electron chi connectivity index (χ2n) is 5.30. The van der Waals surface area contributed by atoms with Crippen LogP contribution in [-0.2, 0) is 9.47 Å². The predicted octanol–water partition coefficient (Wildman–Crippen LogP) is 1.23. The maximum atomic E-state index is 9.65. The SMILES string of the molecule is CC1CN(CCOC2CCCCO2)CCC1O. The molecule has 1 N–H and O–H groups in total. The van der Waals surface area contributed by atoms with E-state index in [-0.39, 0.29) is 12.4 Å². The first-order valence-corrected chi connectivity index (χ1v) is 6.89. The van der Waals surface area contributed by atoms with Gasteiger partial charge in [0.05, 0.1) is 12.7 Å². The second kappa shape index (κ2) is 6.69. The molecule has 4 heteroatoms. The topological polar surface area (TPSA) is 41.9 Å². The minimum atomic E-state index is -0.117. The summed E-state index contributed by atoms with van der Waals surface area (Å²) >= 11 is 0. The summed E-state index contributed by atoms with van der Waals surface area (Å²) in [5, 5.41) is 9.65. The Morgan fingerprint density at radius 1 is 1.35 bits per heavy atom. The monoisotopic (exact) mass is 243 g/mol. The van der Waals surface area contributed by atoms with Crippen LogP contribution in [-0.4, -0.2) is 55.2 Å². The Morgan fingerprint density at radius 3 is 2.94 bits per heavy atom. The average Bonchev–Trinajstić information content (AvgIpc) is 2.35. The Balaban J connectivity index is 1.58. The van der Waals surface area contributed by atoms with Crippen LogP contribution in [0.3, 0.4) is 0 Å². The molecule has 0 radical (unpaired) electrons. The number of aliphatic hydroxyl groups excluding tert-OH is 1. The number of nitrogens with zero attached hydrogens (tertiary/aromatic N) is 1. The highest BCUT2D eigenvalue weighted by Crippen LogP contribution is 2.17. The molecule has 0 aromatic rings. The third-order valence-electron chi connectivity index (χ3n) is 3.79. The second-order valence-corrected chi connectivity index (χ2v) is 5.30. The summed E-state index contributed by atoms with van der Waals surface area (Å²) < 4.78 is 11.2. The van der Waals surface area contributed by atoms with Crippen LogP contribution < -0.4 is 0 Å². The van der Waals surface area contributed by atoms with Crippen molar-refractivity contribution >= 4 is 0 Å². The van der Waals surface area contributed by atoms with Gasteiger partial charge < -0.3 is 19.5 Å². The van der Waals surface area contributed by atoms with Crippen LogP contribution in [0.25, 0.3) is 0 Å². The molecule has 0 bridgehead atoms. The smallest absolute Gasteiger partial charge is 0.157 e. The lowest BCUT2D eigenvalue weighted by atomic mass is 9.97. The van der Waals surface area contributed by atoms with Crippen molar-refractivity contribution in [3.8, 4) is 0 Å². The van der Waals surface area contributed by atoms with Crippen molar-refractivity contribution in [3.05, 3.63) is 0 Å². The predicted molar refractivity (Wildman–Crippen MR) is 65.8 cm³/mol. The standard InChI is InChI=1S/C13H25NO3/c1-11-10-14(6-5-12(11)15)7-9-17-13-4-2-3-8-16-13/h11-13,15H,2-10H2,1H3. The summed E-state index contributed by atoms with van der Waals surface area (Å²) in [4.78, 5) is 2.38. The maximum Gasteiger partial charge on any atom is 0.157 e. The molecule has 2 rings (SSSR count). The summed E-state index contributed by atoms with van der Waals surface area (Å²) in [6.07, 6.45) is 4.22. The van der Waals surface area contributed by atoms with E-state index >= 15 is 0 Å². The van der Waals surface area contributed by atoms with E-state index in [2.05, 4.69) is 11.8 Å². The van der Waals surface area contributed by atoms with Crippen molar-refractivity contribution in [2.45, 2.75) is 45.0 Å². The van der Waals surface area contributed by atoms with Gasteiger partial charge in [0.25, 0.3) is 0 Å². The van der Waals surface area contributed by atoms with E-state index in [4.69, 9.17) is 9.47 Å². The number of ether oxygens (including phenoxy) is 2. The molecule has 0 saturated carbocycles. The number of piperidine rings is 1. The Kier molecular flexibility index (Phi) is 5.22. The van der Waals surface area contributed by atoms with Crippen LogP contribution >= 0.6 is 0 Å². The normalized spacial score (nSPS) is 36.0. The summed E-state index contributed by atoms with van der Waals surface area (Å²) in [6, 6.07) is 0. The largest absolute Gasteiger partial charge is 0.393 e. The number of likely N-dealkylation sites (tertiary alicyclic amines) is 1. The number of hydrogen-bond donors (Lipinski definition) is 1. The zero-order valence-electron chi connectivity index (χ0n) is 10.8. The fourth-order valence-corrected chi connectivity index (χ4v) is 2.58. The van der Waals surface area contributed by atoms with Crippen molar-refractivity contribution in [3.63, 3.8) is 0 Å².